The van der Waals surface area contributed by atoms with Gasteiger partial charge in [0.25, 0.3) is 5.91 Å². The van der Waals surface area contributed by atoms with Crippen LogP contribution in [0.4, 0.5) is 0 Å². The molecule has 4 nitrogen and oxygen atoms in total. The average molecular weight is 281 g/mol. The van der Waals surface area contributed by atoms with Gasteiger partial charge in [-0.05, 0) is 31.5 Å². The summed E-state index contributed by atoms with van der Waals surface area (Å²) in [5, 5.41) is 6.35. The van der Waals surface area contributed by atoms with Gasteiger partial charge in [-0.3, -0.25) is 4.79 Å². The van der Waals surface area contributed by atoms with Crippen LogP contribution < -0.4 is 10.6 Å². The first kappa shape index (κ1) is 14.5. The number of amides is 1. The van der Waals surface area contributed by atoms with Crippen LogP contribution in [0.5, 0.6) is 0 Å². The van der Waals surface area contributed by atoms with Crippen LogP contribution in [0.2, 0.25) is 0 Å². The number of hydrogen-bond acceptors (Lipinski definition) is 4. The fourth-order valence-electron chi connectivity index (χ4n) is 2.22. The van der Waals surface area contributed by atoms with E-state index in [1.807, 2.05) is 12.1 Å². The van der Waals surface area contributed by atoms with Crippen molar-refractivity contribution in [3.8, 4) is 0 Å². The van der Waals surface area contributed by atoms with Gasteiger partial charge in [-0.2, -0.15) is 0 Å². The third kappa shape index (κ3) is 4.60. The Morgan fingerprint density at radius 1 is 1.42 bits per heavy atom. The molecule has 1 aromatic rings. The van der Waals surface area contributed by atoms with Crippen molar-refractivity contribution < 1.29 is 4.79 Å². The average Bonchev–Trinajstić information content (AvgIpc) is 2.93. The predicted octanol–water partition coefficient (Wildman–Crippen LogP) is 1.34. The lowest BCUT2D eigenvalue weighted by Crippen LogP contribution is -2.44. The van der Waals surface area contributed by atoms with Crippen molar-refractivity contribution in [3.63, 3.8) is 0 Å². The second-order valence-electron chi connectivity index (χ2n) is 4.82. The molecule has 106 valence electrons. The van der Waals surface area contributed by atoms with E-state index in [1.165, 1.54) is 4.88 Å². The second kappa shape index (κ2) is 7.62. The summed E-state index contributed by atoms with van der Waals surface area (Å²) in [5.41, 5.74) is 0. The monoisotopic (exact) mass is 281 g/mol. The lowest BCUT2D eigenvalue weighted by atomic mass is 10.3. The first-order valence-corrected chi connectivity index (χ1v) is 7.91. The Hall–Kier alpha value is -0.910. The zero-order chi connectivity index (χ0) is 13.5. The van der Waals surface area contributed by atoms with Crippen LogP contribution in [0.1, 0.15) is 27.9 Å². The van der Waals surface area contributed by atoms with E-state index in [4.69, 9.17) is 0 Å². The second-order valence-corrected chi connectivity index (χ2v) is 5.99. The number of nitrogens with one attached hydrogen (secondary N) is 2. The molecular formula is C14H23N3OS. The lowest BCUT2D eigenvalue weighted by molar-refractivity contribution is 0.0955. The van der Waals surface area contributed by atoms with Crippen LogP contribution >= 0.6 is 11.3 Å². The maximum Gasteiger partial charge on any atom is 0.261 e. The minimum absolute atomic E-state index is 0.0741. The van der Waals surface area contributed by atoms with Crippen molar-refractivity contribution in [2.75, 3.05) is 39.3 Å². The van der Waals surface area contributed by atoms with Crippen molar-refractivity contribution in [1.82, 2.24) is 15.5 Å². The van der Waals surface area contributed by atoms with Gasteiger partial charge < -0.3 is 15.5 Å². The summed E-state index contributed by atoms with van der Waals surface area (Å²) < 4.78 is 0. The highest BCUT2D eigenvalue weighted by Crippen LogP contribution is 2.16. The third-order valence-corrected chi connectivity index (χ3v) is 4.61. The molecule has 19 heavy (non-hydrogen) atoms. The van der Waals surface area contributed by atoms with Crippen molar-refractivity contribution in [2.24, 2.45) is 0 Å². The molecule has 1 aliphatic heterocycles. The molecule has 0 saturated carbocycles. The standard InChI is InChI=1S/C14H23N3OS/c1-2-12-4-5-13(19-12)14(18)16-6-3-9-17-10-7-15-8-11-17/h4-5,15H,2-3,6-11H2,1H3,(H,16,18). The first-order valence-electron chi connectivity index (χ1n) is 7.09. The summed E-state index contributed by atoms with van der Waals surface area (Å²) in [4.78, 5) is 16.4. The van der Waals surface area contributed by atoms with E-state index in [1.54, 1.807) is 11.3 Å². The Balaban J connectivity index is 1.63. The van der Waals surface area contributed by atoms with Crippen LogP contribution in [-0.2, 0) is 6.42 Å². The van der Waals surface area contributed by atoms with E-state index in [-0.39, 0.29) is 5.91 Å². The van der Waals surface area contributed by atoms with Crippen LogP contribution in [-0.4, -0.2) is 50.1 Å². The van der Waals surface area contributed by atoms with Gasteiger partial charge in [0.05, 0.1) is 4.88 Å². The molecule has 0 radical (unpaired) electrons. The Morgan fingerprint density at radius 3 is 2.89 bits per heavy atom. The van der Waals surface area contributed by atoms with Crippen molar-refractivity contribution in [1.29, 1.82) is 0 Å². The molecule has 1 aliphatic rings. The molecule has 0 unspecified atom stereocenters. The van der Waals surface area contributed by atoms with E-state index in [2.05, 4.69) is 22.5 Å². The highest BCUT2D eigenvalue weighted by Gasteiger charge is 2.10. The lowest BCUT2D eigenvalue weighted by Gasteiger charge is -2.27. The Morgan fingerprint density at radius 2 is 2.21 bits per heavy atom. The SMILES string of the molecule is CCc1ccc(C(=O)NCCCN2CCNCC2)s1. The van der Waals surface area contributed by atoms with Crippen molar-refractivity contribution in [2.45, 2.75) is 19.8 Å². The van der Waals surface area contributed by atoms with E-state index < -0.39 is 0 Å². The molecule has 0 aromatic carbocycles. The minimum atomic E-state index is 0.0741. The van der Waals surface area contributed by atoms with Gasteiger partial charge in [0.1, 0.15) is 0 Å². The van der Waals surface area contributed by atoms with Gasteiger partial charge in [-0.25, -0.2) is 0 Å². The molecule has 0 bridgehead atoms. The summed E-state index contributed by atoms with van der Waals surface area (Å²) >= 11 is 1.60. The van der Waals surface area contributed by atoms with E-state index >= 15 is 0 Å². The number of thiophene rings is 1. The largest absolute Gasteiger partial charge is 0.351 e. The normalized spacial score (nSPS) is 16.5. The zero-order valence-corrected chi connectivity index (χ0v) is 12.4. The molecule has 5 heteroatoms. The molecule has 0 atom stereocenters. The number of carbonyl (C=O) groups is 1. The van der Waals surface area contributed by atoms with Crippen LogP contribution in [0.3, 0.4) is 0 Å². The van der Waals surface area contributed by atoms with Crippen LogP contribution in [0.25, 0.3) is 0 Å². The zero-order valence-electron chi connectivity index (χ0n) is 11.6. The topological polar surface area (TPSA) is 44.4 Å². The number of nitrogens with zero attached hydrogens (tertiary/aromatic N) is 1. The molecule has 1 amide bonds. The third-order valence-electron chi connectivity index (χ3n) is 3.38. The quantitative estimate of drug-likeness (QED) is 0.773. The van der Waals surface area contributed by atoms with Gasteiger partial charge in [0.15, 0.2) is 0 Å². The predicted molar refractivity (Wildman–Crippen MR) is 80.0 cm³/mol. The fraction of sp³-hybridized carbons (Fsp3) is 0.643. The Labute approximate surface area is 119 Å². The number of piperazine rings is 1. The number of hydrogen-bond donors (Lipinski definition) is 2. The first-order chi connectivity index (χ1) is 9.29. The molecule has 1 aromatic heterocycles. The molecule has 0 aliphatic carbocycles. The van der Waals surface area contributed by atoms with Crippen molar-refractivity contribution >= 4 is 17.2 Å². The van der Waals surface area contributed by atoms with Gasteiger partial charge in [-0.15, -0.1) is 11.3 Å². The molecule has 2 N–H and O–H groups in total. The van der Waals surface area contributed by atoms with Gasteiger partial charge in [-0.1, -0.05) is 6.92 Å². The summed E-state index contributed by atoms with van der Waals surface area (Å²) in [5.74, 6) is 0.0741. The molecular weight excluding hydrogens is 258 g/mol. The van der Waals surface area contributed by atoms with Gasteiger partial charge in [0, 0.05) is 37.6 Å². The Kier molecular flexibility index (Phi) is 5.82. The number of rotatable bonds is 6. The molecule has 1 saturated heterocycles. The molecule has 1 fully saturated rings. The Bertz CT molecular complexity index is 399. The summed E-state index contributed by atoms with van der Waals surface area (Å²) in [6.07, 6.45) is 2.03. The maximum absolute atomic E-state index is 11.9. The van der Waals surface area contributed by atoms with Crippen LogP contribution in [0, 0.1) is 0 Å². The number of aryl methyl sites for hydroxylation is 1. The summed E-state index contributed by atoms with van der Waals surface area (Å²) in [6.45, 7) is 8.37. The van der Waals surface area contributed by atoms with Gasteiger partial charge >= 0.3 is 0 Å². The highest BCUT2D eigenvalue weighted by atomic mass is 32.1. The van der Waals surface area contributed by atoms with Crippen molar-refractivity contribution in [3.05, 3.63) is 21.9 Å². The summed E-state index contributed by atoms with van der Waals surface area (Å²) in [6, 6.07) is 3.97. The van der Waals surface area contributed by atoms with E-state index in [0.717, 1.165) is 57.0 Å². The fourth-order valence-corrected chi connectivity index (χ4v) is 3.08. The summed E-state index contributed by atoms with van der Waals surface area (Å²) in [7, 11) is 0. The smallest absolute Gasteiger partial charge is 0.261 e. The molecule has 2 rings (SSSR count). The van der Waals surface area contributed by atoms with E-state index in [9.17, 15) is 4.79 Å². The highest BCUT2D eigenvalue weighted by molar-refractivity contribution is 7.14. The minimum Gasteiger partial charge on any atom is -0.351 e. The van der Waals surface area contributed by atoms with E-state index in [0.29, 0.717) is 0 Å². The maximum atomic E-state index is 11.9. The van der Waals surface area contributed by atoms with Gasteiger partial charge in [0.2, 0.25) is 0 Å². The molecule has 0 spiro atoms. The molecule has 2 heterocycles. The van der Waals surface area contributed by atoms with Crippen LogP contribution in [0.15, 0.2) is 12.1 Å². The number of carbonyl (C=O) groups excluding carboxylic acids is 1.